The maximum atomic E-state index is 10.2. The molecule has 0 unspecified atom stereocenters. The molecule has 82 valence electrons. The molecule has 0 aromatic heterocycles. The van der Waals surface area contributed by atoms with E-state index in [0.717, 1.165) is 32.2 Å². The Bertz CT molecular complexity index is 169. The van der Waals surface area contributed by atoms with Crippen LogP contribution in [0.5, 0.6) is 0 Å². The van der Waals surface area contributed by atoms with E-state index in [9.17, 15) is 4.79 Å². The molecule has 0 bridgehead atoms. The molecule has 4 heteroatoms. The largest absolute Gasteiger partial charge is 0.481 e. The molecular formula is C10H19NO3. The number of hydrogen-bond donors (Lipinski definition) is 2. The molecule has 0 aliphatic heterocycles. The number of carboxylic acids is 1. The van der Waals surface area contributed by atoms with E-state index < -0.39 is 5.97 Å². The fourth-order valence-corrected chi connectivity index (χ4v) is 1.17. The third kappa shape index (κ3) is 6.86. The van der Waals surface area contributed by atoms with Crippen molar-refractivity contribution >= 4 is 5.97 Å². The lowest BCUT2D eigenvalue weighted by atomic mass is 10.3. The number of rotatable bonds is 9. The first kappa shape index (κ1) is 11.5. The lowest BCUT2D eigenvalue weighted by Crippen LogP contribution is -2.21. The molecule has 0 aromatic rings. The summed E-state index contributed by atoms with van der Waals surface area (Å²) in [5.41, 5.74) is 0. The topological polar surface area (TPSA) is 58.6 Å². The fourth-order valence-electron chi connectivity index (χ4n) is 1.17. The lowest BCUT2D eigenvalue weighted by molar-refractivity contribution is -0.137. The minimum Gasteiger partial charge on any atom is -0.481 e. The zero-order chi connectivity index (χ0) is 10.2. The molecule has 14 heavy (non-hydrogen) atoms. The SMILES string of the molecule is O=C(O)CCCNCCOCC1CC1. The van der Waals surface area contributed by atoms with E-state index in [1.54, 1.807) is 0 Å². The van der Waals surface area contributed by atoms with Gasteiger partial charge in [0.2, 0.25) is 0 Å². The van der Waals surface area contributed by atoms with Crippen LogP contribution < -0.4 is 5.32 Å². The predicted molar refractivity (Wildman–Crippen MR) is 53.3 cm³/mol. The number of carbonyl (C=O) groups is 1. The predicted octanol–water partition coefficient (Wildman–Crippen LogP) is 0.867. The van der Waals surface area contributed by atoms with Crippen LogP contribution in [0.4, 0.5) is 0 Å². The third-order valence-corrected chi connectivity index (χ3v) is 2.22. The summed E-state index contributed by atoms with van der Waals surface area (Å²) in [5.74, 6) is 0.0961. The van der Waals surface area contributed by atoms with Crippen molar-refractivity contribution < 1.29 is 14.6 Å². The molecule has 0 saturated heterocycles. The molecule has 0 radical (unpaired) electrons. The van der Waals surface area contributed by atoms with Gasteiger partial charge >= 0.3 is 5.97 Å². The molecule has 0 heterocycles. The Morgan fingerprint density at radius 3 is 2.86 bits per heavy atom. The van der Waals surface area contributed by atoms with Gasteiger partial charge in [-0.15, -0.1) is 0 Å². The molecule has 0 aromatic carbocycles. The van der Waals surface area contributed by atoms with E-state index in [1.807, 2.05) is 0 Å². The highest BCUT2D eigenvalue weighted by molar-refractivity contribution is 5.66. The van der Waals surface area contributed by atoms with Gasteiger partial charge in [-0.2, -0.15) is 0 Å². The van der Waals surface area contributed by atoms with Crippen molar-refractivity contribution in [3.8, 4) is 0 Å². The average molecular weight is 201 g/mol. The maximum Gasteiger partial charge on any atom is 0.303 e. The Labute approximate surface area is 84.6 Å². The van der Waals surface area contributed by atoms with Crippen molar-refractivity contribution in [2.75, 3.05) is 26.3 Å². The molecule has 1 aliphatic rings. The van der Waals surface area contributed by atoms with Crippen molar-refractivity contribution in [2.24, 2.45) is 5.92 Å². The van der Waals surface area contributed by atoms with Gasteiger partial charge in [0, 0.05) is 19.6 Å². The first-order valence-electron chi connectivity index (χ1n) is 5.29. The van der Waals surface area contributed by atoms with Crippen LogP contribution in [-0.4, -0.2) is 37.4 Å². The summed E-state index contributed by atoms with van der Waals surface area (Å²) in [6, 6.07) is 0. The van der Waals surface area contributed by atoms with E-state index in [4.69, 9.17) is 9.84 Å². The van der Waals surface area contributed by atoms with E-state index in [-0.39, 0.29) is 6.42 Å². The zero-order valence-electron chi connectivity index (χ0n) is 8.50. The highest BCUT2D eigenvalue weighted by Crippen LogP contribution is 2.28. The molecule has 1 fully saturated rings. The van der Waals surface area contributed by atoms with Crippen LogP contribution >= 0.6 is 0 Å². The van der Waals surface area contributed by atoms with Crippen molar-refractivity contribution in [3.63, 3.8) is 0 Å². The number of carboxylic acid groups (broad SMARTS) is 1. The first-order chi connectivity index (χ1) is 6.79. The highest BCUT2D eigenvalue weighted by atomic mass is 16.5. The van der Waals surface area contributed by atoms with Crippen LogP contribution in [0.1, 0.15) is 25.7 Å². The molecule has 1 aliphatic carbocycles. The summed E-state index contributed by atoms with van der Waals surface area (Å²) in [6.45, 7) is 3.23. The molecule has 1 saturated carbocycles. The first-order valence-corrected chi connectivity index (χ1v) is 5.29. The van der Waals surface area contributed by atoms with Gasteiger partial charge in [0.1, 0.15) is 0 Å². The Balaban J connectivity index is 1.68. The molecule has 1 rings (SSSR count). The second-order valence-corrected chi connectivity index (χ2v) is 3.77. The van der Waals surface area contributed by atoms with E-state index in [2.05, 4.69) is 5.32 Å². The van der Waals surface area contributed by atoms with E-state index >= 15 is 0 Å². The number of hydrogen-bond acceptors (Lipinski definition) is 3. The number of aliphatic carboxylic acids is 1. The summed E-state index contributed by atoms with van der Waals surface area (Å²) in [4.78, 5) is 10.2. The summed E-state index contributed by atoms with van der Waals surface area (Å²) in [6.07, 6.45) is 3.59. The van der Waals surface area contributed by atoms with Gasteiger partial charge in [-0.05, 0) is 31.7 Å². The van der Waals surface area contributed by atoms with Gasteiger partial charge in [0.05, 0.1) is 6.61 Å². The van der Waals surface area contributed by atoms with Gasteiger partial charge in [0.15, 0.2) is 0 Å². The molecular weight excluding hydrogens is 182 g/mol. The Kier molecular flexibility index (Phi) is 5.56. The second-order valence-electron chi connectivity index (χ2n) is 3.77. The van der Waals surface area contributed by atoms with Crippen molar-refractivity contribution in [3.05, 3.63) is 0 Å². The molecule has 4 nitrogen and oxygen atoms in total. The minimum absolute atomic E-state index is 0.246. The smallest absolute Gasteiger partial charge is 0.303 e. The normalized spacial score (nSPS) is 15.7. The van der Waals surface area contributed by atoms with Crippen molar-refractivity contribution in [1.29, 1.82) is 0 Å². The zero-order valence-corrected chi connectivity index (χ0v) is 8.50. The quantitative estimate of drug-likeness (QED) is 0.543. The Hall–Kier alpha value is -0.610. The lowest BCUT2D eigenvalue weighted by Gasteiger charge is -2.04. The van der Waals surface area contributed by atoms with E-state index in [0.29, 0.717) is 6.42 Å². The van der Waals surface area contributed by atoms with Crippen LogP contribution in [0.15, 0.2) is 0 Å². The number of nitrogens with one attached hydrogen (secondary N) is 1. The van der Waals surface area contributed by atoms with Gasteiger partial charge in [-0.25, -0.2) is 0 Å². The fraction of sp³-hybridized carbons (Fsp3) is 0.900. The van der Waals surface area contributed by atoms with Crippen molar-refractivity contribution in [2.45, 2.75) is 25.7 Å². The van der Waals surface area contributed by atoms with Crippen molar-refractivity contribution in [1.82, 2.24) is 5.32 Å². The number of ether oxygens (including phenoxy) is 1. The average Bonchev–Trinajstić information content (AvgIpc) is 2.92. The van der Waals surface area contributed by atoms with Crippen LogP contribution in [-0.2, 0) is 9.53 Å². The molecule has 0 spiro atoms. The highest BCUT2D eigenvalue weighted by Gasteiger charge is 2.20. The molecule has 2 N–H and O–H groups in total. The standard InChI is InChI=1S/C10H19NO3/c12-10(13)2-1-5-11-6-7-14-8-9-3-4-9/h9,11H,1-8H2,(H,12,13). The summed E-state index contributed by atoms with van der Waals surface area (Å²) < 4.78 is 5.41. The van der Waals surface area contributed by atoms with Crippen LogP contribution in [0.2, 0.25) is 0 Å². The monoisotopic (exact) mass is 201 g/mol. The van der Waals surface area contributed by atoms with Gasteiger partial charge < -0.3 is 15.2 Å². The van der Waals surface area contributed by atoms with Crippen LogP contribution in [0.3, 0.4) is 0 Å². The summed E-state index contributed by atoms with van der Waals surface area (Å²) in [5, 5.41) is 11.5. The second kappa shape index (κ2) is 6.79. The summed E-state index contributed by atoms with van der Waals surface area (Å²) in [7, 11) is 0. The van der Waals surface area contributed by atoms with Crippen LogP contribution in [0.25, 0.3) is 0 Å². The minimum atomic E-state index is -0.725. The van der Waals surface area contributed by atoms with E-state index in [1.165, 1.54) is 12.8 Å². The molecule has 0 amide bonds. The Morgan fingerprint density at radius 2 is 2.21 bits per heavy atom. The van der Waals surface area contributed by atoms with Crippen LogP contribution in [0, 0.1) is 5.92 Å². The maximum absolute atomic E-state index is 10.2. The van der Waals surface area contributed by atoms with Gasteiger partial charge in [-0.1, -0.05) is 0 Å². The molecule has 0 atom stereocenters. The van der Waals surface area contributed by atoms with Gasteiger partial charge in [0.25, 0.3) is 0 Å². The third-order valence-electron chi connectivity index (χ3n) is 2.22. The van der Waals surface area contributed by atoms with Gasteiger partial charge in [-0.3, -0.25) is 4.79 Å². The summed E-state index contributed by atoms with van der Waals surface area (Å²) >= 11 is 0. The Morgan fingerprint density at radius 1 is 1.43 bits per heavy atom.